The standard InChI is InChI=1S/C16H26FN3O/c1-3-14(4-2)19-16(21)12-20(10-6-9-18)15-8-5-7-13(17)11-15/h5,7-8,11,14H,3-4,6,9-10,12,18H2,1-2H3,(H,19,21). The number of halogens is 1. The van der Waals surface area contributed by atoms with Gasteiger partial charge >= 0.3 is 0 Å². The van der Waals surface area contributed by atoms with Gasteiger partial charge in [-0.2, -0.15) is 0 Å². The van der Waals surface area contributed by atoms with Crippen molar-refractivity contribution in [2.45, 2.75) is 39.2 Å². The van der Waals surface area contributed by atoms with E-state index in [0.717, 1.165) is 19.3 Å². The zero-order chi connectivity index (χ0) is 15.7. The number of benzene rings is 1. The van der Waals surface area contributed by atoms with Gasteiger partial charge in [-0.3, -0.25) is 4.79 Å². The van der Waals surface area contributed by atoms with Crippen molar-refractivity contribution in [1.29, 1.82) is 0 Å². The van der Waals surface area contributed by atoms with E-state index in [1.165, 1.54) is 12.1 Å². The average molecular weight is 295 g/mol. The van der Waals surface area contributed by atoms with Gasteiger partial charge in [-0.1, -0.05) is 19.9 Å². The van der Waals surface area contributed by atoms with E-state index in [-0.39, 0.29) is 24.3 Å². The minimum atomic E-state index is -0.300. The van der Waals surface area contributed by atoms with E-state index in [4.69, 9.17) is 5.73 Å². The lowest BCUT2D eigenvalue weighted by atomic mass is 10.2. The molecule has 0 saturated heterocycles. The maximum Gasteiger partial charge on any atom is 0.239 e. The Morgan fingerprint density at radius 1 is 1.38 bits per heavy atom. The van der Waals surface area contributed by atoms with Gasteiger partial charge < -0.3 is 16.0 Å². The van der Waals surface area contributed by atoms with Crippen LogP contribution in [0.3, 0.4) is 0 Å². The first-order valence-electron chi connectivity index (χ1n) is 7.60. The Balaban J connectivity index is 2.71. The molecule has 0 radical (unpaired) electrons. The van der Waals surface area contributed by atoms with Crippen LogP contribution in [0.4, 0.5) is 10.1 Å². The van der Waals surface area contributed by atoms with Crippen LogP contribution >= 0.6 is 0 Å². The van der Waals surface area contributed by atoms with Gasteiger partial charge in [0.25, 0.3) is 0 Å². The molecule has 0 aliphatic rings. The molecule has 118 valence electrons. The quantitative estimate of drug-likeness (QED) is 0.735. The number of carbonyl (C=O) groups is 1. The number of nitrogens with one attached hydrogen (secondary N) is 1. The molecule has 0 bridgehead atoms. The number of nitrogens with zero attached hydrogens (tertiary/aromatic N) is 1. The third-order valence-corrected chi connectivity index (χ3v) is 3.49. The fraction of sp³-hybridized carbons (Fsp3) is 0.562. The third-order valence-electron chi connectivity index (χ3n) is 3.49. The third kappa shape index (κ3) is 6.12. The highest BCUT2D eigenvalue weighted by atomic mass is 19.1. The molecule has 0 saturated carbocycles. The number of hydrogen-bond acceptors (Lipinski definition) is 3. The molecule has 0 aliphatic carbocycles. The number of amides is 1. The summed E-state index contributed by atoms with van der Waals surface area (Å²) >= 11 is 0. The number of hydrogen-bond donors (Lipinski definition) is 2. The monoisotopic (exact) mass is 295 g/mol. The lowest BCUT2D eigenvalue weighted by Crippen LogP contribution is -2.42. The molecule has 4 nitrogen and oxygen atoms in total. The predicted molar refractivity (Wildman–Crippen MR) is 84.8 cm³/mol. The molecule has 0 fully saturated rings. The lowest BCUT2D eigenvalue weighted by molar-refractivity contribution is -0.120. The van der Waals surface area contributed by atoms with Gasteiger partial charge in [0.05, 0.1) is 6.54 Å². The summed E-state index contributed by atoms with van der Waals surface area (Å²) < 4.78 is 13.4. The van der Waals surface area contributed by atoms with E-state index in [2.05, 4.69) is 5.32 Å². The summed E-state index contributed by atoms with van der Waals surface area (Å²) in [5.74, 6) is -0.337. The average Bonchev–Trinajstić information content (AvgIpc) is 2.49. The summed E-state index contributed by atoms with van der Waals surface area (Å²) in [6, 6.07) is 6.50. The fourth-order valence-corrected chi connectivity index (χ4v) is 2.19. The maximum absolute atomic E-state index is 13.4. The smallest absolute Gasteiger partial charge is 0.239 e. The van der Waals surface area contributed by atoms with Crippen LogP contribution in [0.2, 0.25) is 0 Å². The molecule has 1 rings (SSSR count). The van der Waals surface area contributed by atoms with Gasteiger partial charge in [-0.15, -0.1) is 0 Å². The summed E-state index contributed by atoms with van der Waals surface area (Å²) in [7, 11) is 0. The van der Waals surface area contributed by atoms with Crippen LogP contribution in [0.15, 0.2) is 24.3 Å². The van der Waals surface area contributed by atoms with Gasteiger partial charge in [0, 0.05) is 18.3 Å². The number of anilines is 1. The SMILES string of the molecule is CCC(CC)NC(=O)CN(CCCN)c1cccc(F)c1. The van der Waals surface area contributed by atoms with Crippen LogP contribution in [0.1, 0.15) is 33.1 Å². The fourth-order valence-electron chi connectivity index (χ4n) is 2.19. The van der Waals surface area contributed by atoms with Crippen molar-refractivity contribution in [3.05, 3.63) is 30.1 Å². The number of rotatable bonds is 9. The molecule has 1 aromatic carbocycles. The van der Waals surface area contributed by atoms with Crippen molar-refractivity contribution in [2.24, 2.45) is 5.73 Å². The molecule has 5 heteroatoms. The molecule has 0 unspecified atom stereocenters. The van der Waals surface area contributed by atoms with Crippen LogP contribution in [-0.2, 0) is 4.79 Å². The molecule has 0 aromatic heterocycles. The van der Waals surface area contributed by atoms with E-state index < -0.39 is 0 Å². The second-order valence-corrected chi connectivity index (χ2v) is 5.12. The van der Waals surface area contributed by atoms with Crippen LogP contribution in [0.5, 0.6) is 0 Å². The van der Waals surface area contributed by atoms with Crippen molar-refractivity contribution in [2.75, 3.05) is 24.5 Å². The molecule has 0 atom stereocenters. The first-order chi connectivity index (χ1) is 10.1. The maximum atomic E-state index is 13.4. The van der Waals surface area contributed by atoms with Crippen molar-refractivity contribution >= 4 is 11.6 Å². The Morgan fingerprint density at radius 2 is 2.10 bits per heavy atom. The van der Waals surface area contributed by atoms with Crippen molar-refractivity contribution < 1.29 is 9.18 Å². The topological polar surface area (TPSA) is 58.4 Å². The van der Waals surface area contributed by atoms with Crippen molar-refractivity contribution in [3.8, 4) is 0 Å². The van der Waals surface area contributed by atoms with E-state index in [1.54, 1.807) is 6.07 Å². The van der Waals surface area contributed by atoms with Crippen LogP contribution in [-0.4, -0.2) is 31.6 Å². The van der Waals surface area contributed by atoms with Gasteiger partial charge in [-0.25, -0.2) is 4.39 Å². The Kier molecular flexibility index (Phi) is 7.75. The van der Waals surface area contributed by atoms with Gasteiger partial charge in [0.1, 0.15) is 5.82 Å². The molecule has 0 heterocycles. The normalized spacial score (nSPS) is 10.7. The molecular weight excluding hydrogens is 269 g/mol. The summed E-state index contributed by atoms with van der Waals surface area (Å²) in [5.41, 5.74) is 6.25. The van der Waals surface area contributed by atoms with Crippen molar-refractivity contribution in [3.63, 3.8) is 0 Å². The van der Waals surface area contributed by atoms with E-state index >= 15 is 0 Å². The second kappa shape index (κ2) is 9.34. The summed E-state index contributed by atoms with van der Waals surface area (Å²) in [5, 5.41) is 3.00. The summed E-state index contributed by atoms with van der Waals surface area (Å²) in [4.78, 5) is 14.0. The first-order valence-corrected chi connectivity index (χ1v) is 7.60. The van der Waals surface area contributed by atoms with E-state index in [9.17, 15) is 9.18 Å². The zero-order valence-corrected chi connectivity index (χ0v) is 12.9. The van der Waals surface area contributed by atoms with E-state index in [0.29, 0.717) is 18.8 Å². The van der Waals surface area contributed by atoms with Crippen LogP contribution < -0.4 is 16.0 Å². The first kappa shape index (κ1) is 17.4. The largest absolute Gasteiger partial charge is 0.362 e. The Bertz CT molecular complexity index is 435. The van der Waals surface area contributed by atoms with Crippen LogP contribution in [0.25, 0.3) is 0 Å². The Labute approximate surface area is 126 Å². The second-order valence-electron chi connectivity index (χ2n) is 5.12. The van der Waals surface area contributed by atoms with Crippen molar-refractivity contribution in [1.82, 2.24) is 5.32 Å². The molecule has 21 heavy (non-hydrogen) atoms. The summed E-state index contributed by atoms with van der Waals surface area (Å²) in [6.07, 6.45) is 2.57. The van der Waals surface area contributed by atoms with Gasteiger partial charge in [0.2, 0.25) is 5.91 Å². The molecule has 1 aromatic rings. The number of nitrogens with two attached hydrogens (primary N) is 1. The van der Waals surface area contributed by atoms with Crippen LogP contribution in [0, 0.1) is 5.82 Å². The van der Waals surface area contributed by atoms with E-state index in [1.807, 2.05) is 24.8 Å². The molecule has 0 spiro atoms. The molecule has 0 aliphatic heterocycles. The predicted octanol–water partition coefficient (Wildman–Crippen LogP) is 2.29. The zero-order valence-electron chi connectivity index (χ0n) is 12.9. The Morgan fingerprint density at radius 3 is 2.67 bits per heavy atom. The molecular formula is C16H26FN3O. The highest BCUT2D eigenvalue weighted by Crippen LogP contribution is 2.15. The van der Waals surface area contributed by atoms with Gasteiger partial charge in [-0.05, 0) is 44.0 Å². The highest BCUT2D eigenvalue weighted by molar-refractivity contribution is 5.81. The minimum absolute atomic E-state index is 0.0371. The lowest BCUT2D eigenvalue weighted by Gasteiger charge is -2.25. The molecule has 1 amide bonds. The highest BCUT2D eigenvalue weighted by Gasteiger charge is 2.14. The minimum Gasteiger partial charge on any atom is -0.362 e. The number of carbonyl (C=O) groups excluding carboxylic acids is 1. The Hall–Kier alpha value is -1.62. The summed E-state index contributed by atoms with van der Waals surface area (Å²) in [6.45, 7) is 5.50. The van der Waals surface area contributed by atoms with Gasteiger partial charge in [0.15, 0.2) is 0 Å². The molecule has 3 N–H and O–H groups in total.